The molecular formula is C12H10IN3. The summed E-state index contributed by atoms with van der Waals surface area (Å²) in [5.74, 6) is 0. The van der Waals surface area contributed by atoms with Crippen molar-refractivity contribution in [1.29, 1.82) is 5.41 Å². The molecule has 0 unspecified atom stereocenters. The number of aromatic nitrogens is 1. The van der Waals surface area contributed by atoms with Crippen molar-refractivity contribution in [3.05, 3.63) is 51.9 Å². The summed E-state index contributed by atoms with van der Waals surface area (Å²) < 4.78 is 1.12. The van der Waals surface area contributed by atoms with Crippen LogP contribution in [0.15, 0.2) is 42.7 Å². The van der Waals surface area contributed by atoms with Gasteiger partial charge in [0.2, 0.25) is 0 Å². The summed E-state index contributed by atoms with van der Waals surface area (Å²) in [5.41, 5.74) is 2.78. The topological polar surface area (TPSA) is 48.8 Å². The molecule has 80 valence electrons. The van der Waals surface area contributed by atoms with Crippen LogP contribution in [0.2, 0.25) is 0 Å². The summed E-state index contributed by atoms with van der Waals surface area (Å²) in [6.07, 6.45) is 4.82. The van der Waals surface area contributed by atoms with Gasteiger partial charge < -0.3 is 10.7 Å². The van der Waals surface area contributed by atoms with Crippen molar-refractivity contribution < 1.29 is 0 Å². The van der Waals surface area contributed by atoms with Gasteiger partial charge >= 0.3 is 0 Å². The van der Waals surface area contributed by atoms with Crippen LogP contribution in [-0.4, -0.2) is 11.2 Å². The fraction of sp³-hybridized carbons (Fsp3) is 0. The number of hydrogen-bond acceptors (Lipinski definition) is 3. The smallest absolute Gasteiger partial charge is 0.0473 e. The van der Waals surface area contributed by atoms with Crippen LogP contribution in [-0.2, 0) is 0 Å². The minimum atomic E-state index is 0.878. The molecule has 2 N–H and O–H groups in total. The van der Waals surface area contributed by atoms with Crippen molar-refractivity contribution in [3.63, 3.8) is 0 Å². The number of nitrogens with zero attached hydrogens (tertiary/aromatic N) is 1. The van der Waals surface area contributed by atoms with Gasteiger partial charge in [-0.3, -0.25) is 4.98 Å². The number of anilines is 2. The van der Waals surface area contributed by atoms with E-state index in [-0.39, 0.29) is 0 Å². The molecule has 0 bridgehead atoms. The Morgan fingerprint density at radius 1 is 1.19 bits per heavy atom. The number of hydrogen-bond donors (Lipinski definition) is 2. The molecule has 0 aliphatic rings. The fourth-order valence-electron chi connectivity index (χ4n) is 1.36. The summed E-state index contributed by atoms with van der Waals surface area (Å²) >= 11 is 2.24. The molecule has 0 aliphatic carbocycles. The molecule has 0 amide bonds. The fourth-order valence-corrected chi connectivity index (χ4v) is 1.87. The van der Waals surface area contributed by atoms with E-state index in [1.807, 2.05) is 30.3 Å². The van der Waals surface area contributed by atoms with E-state index in [2.05, 4.69) is 32.9 Å². The second kappa shape index (κ2) is 5.07. The average molecular weight is 323 g/mol. The molecule has 0 fully saturated rings. The molecular weight excluding hydrogens is 313 g/mol. The van der Waals surface area contributed by atoms with Crippen LogP contribution in [0, 0.1) is 8.98 Å². The van der Waals surface area contributed by atoms with Gasteiger partial charge in [-0.1, -0.05) is 0 Å². The lowest BCUT2D eigenvalue weighted by Crippen LogP contribution is -1.95. The maximum atomic E-state index is 7.37. The molecule has 16 heavy (non-hydrogen) atoms. The monoisotopic (exact) mass is 323 g/mol. The van der Waals surface area contributed by atoms with Crippen LogP contribution in [0.3, 0.4) is 0 Å². The molecule has 1 heterocycles. The quantitative estimate of drug-likeness (QED) is 0.672. The summed E-state index contributed by atoms with van der Waals surface area (Å²) in [7, 11) is 0. The third kappa shape index (κ3) is 2.57. The molecule has 0 spiro atoms. The molecule has 2 aromatic rings. The molecule has 1 aromatic carbocycles. The molecule has 0 aliphatic heterocycles. The van der Waals surface area contributed by atoms with Crippen molar-refractivity contribution >= 4 is 40.2 Å². The minimum absolute atomic E-state index is 0.878. The standard InChI is InChI=1S/C12H10IN3/c13-10-1-2-12(9(7-10)8-14)16-11-3-5-15-6-4-11/h1-8,14H,(H,15,16). The Kier molecular flexibility index (Phi) is 3.51. The van der Waals surface area contributed by atoms with Gasteiger partial charge in [0.1, 0.15) is 0 Å². The zero-order valence-electron chi connectivity index (χ0n) is 8.44. The summed E-state index contributed by atoms with van der Waals surface area (Å²) in [5, 5.41) is 10.6. The summed E-state index contributed by atoms with van der Waals surface area (Å²) in [4.78, 5) is 3.96. The Morgan fingerprint density at radius 2 is 1.94 bits per heavy atom. The molecule has 0 atom stereocenters. The van der Waals surface area contributed by atoms with Crippen LogP contribution >= 0.6 is 22.6 Å². The van der Waals surface area contributed by atoms with Crippen LogP contribution in [0.5, 0.6) is 0 Å². The highest BCUT2D eigenvalue weighted by molar-refractivity contribution is 14.1. The largest absolute Gasteiger partial charge is 0.355 e. The Labute approximate surface area is 108 Å². The number of pyridine rings is 1. The summed E-state index contributed by atoms with van der Waals surface area (Å²) in [6, 6.07) is 9.74. The van der Waals surface area contributed by atoms with Gasteiger partial charge in [-0.05, 0) is 52.9 Å². The SMILES string of the molecule is N=Cc1cc(I)ccc1Nc1ccncc1. The van der Waals surface area contributed by atoms with Crippen molar-refractivity contribution in [3.8, 4) is 0 Å². The van der Waals surface area contributed by atoms with E-state index in [4.69, 9.17) is 5.41 Å². The van der Waals surface area contributed by atoms with Crippen molar-refractivity contribution in [2.75, 3.05) is 5.32 Å². The lowest BCUT2D eigenvalue weighted by Gasteiger charge is -2.09. The van der Waals surface area contributed by atoms with Gasteiger partial charge in [0, 0.05) is 39.1 Å². The van der Waals surface area contributed by atoms with Gasteiger partial charge in [-0.15, -0.1) is 0 Å². The van der Waals surface area contributed by atoms with Crippen LogP contribution in [0.1, 0.15) is 5.56 Å². The first-order valence-electron chi connectivity index (χ1n) is 4.76. The number of rotatable bonds is 3. The highest BCUT2D eigenvalue weighted by Crippen LogP contribution is 2.21. The minimum Gasteiger partial charge on any atom is -0.355 e. The van der Waals surface area contributed by atoms with E-state index in [9.17, 15) is 0 Å². The van der Waals surface area contributed by atoms with Gasteiger partial charge in [-0.25, -0.2) is 0 Å². The second-order valence-electron chi connectivity index (χ2n) is 3.24. The van der Waals surface area contributed by atoms with Gasteiger partial charge in [0.15, 0.2) is 0 Å². The Balaban J connectivity index is 2.31. The first kappa shape index (κ1) is 11.1. The van der Waals surface area contributed by atoms with Crippen LogP contribution in [0.4, 0.5) is 11.4 Å². The first-order valence-corrected chi connectivity index (χ1v) is 5.84. The highest BCUT2D eigenvalue weighted by atomic mass is 127. The Morgan fingerprint density at radius 3 is 2.62 bits per heavy atom. The average Bonchev–Trinajstić information content (AvgIpc) is 2.33. The zero-order chi connectivity index (χ0) is 11.4. The number of nitrogens with one attached hydrogen (secondary N) is 2. The van der Waals surface area contributed by atoms with Gasteiger partial charge in [0.05, 0.1) is 0 Å². The third-order valence-corrected chi connectivity index (χ3v) is 2.80. The summed E-state index contributed by atoms with van der Waals surface area (Å²) in [6.45, 7) is 0. The molecule has 0 saturated heterocycles. The predicted molar refractivity (Wildman–Crippen MR) is 74.6 cm³/mol. The van der Waals surface area contributed by atoms with E-state index in [1.165, 1.54) is 6.21 Å². The third-order valence-electron chi connectivity index (χ3n) is 2.13. The normalized spacial score (nSPS) is 9.81. The lowest BCUT2D eigenvalue weighted by atomic mass is 10.2. The Hall–Kier alpha value is -1.43. The molecule has 0 saturated carbocycles. The zero-order valence-corrected chi connectivity index (χ0v) is 10.6. The van der Waals surface area contributed by atoms with Crippen molar-refractivity contribution in [2.45, 2.75) is 0 Å². The lowest BCUT2D eigenvalue weighted by molar-refractivity contribution is 1.32. The first-order chi connectivity index (χ1) is 7.79. The maximum absolute atomic E-state index is 7.37. The van der Waals surface area contributed by atoms with Crippen molar-refractivity contribution in [2.24, 2.45) is 0 Å². The van der Waals surface area contributed by atoms with E-state index >= 15 is 0 Å². The van der Waals surface area contributed by atoms with E-state index in [0.29, 0.717) is 0 Å². The molecule has 4 heteroatoms. The number of benzene rings is 1. The maximum Gasteiger partial charge on any atom is 0.0473 e. The molecule has 1 aromatic heterocycles. The molecule has 2 rings (SSSR count). The van der Waals surface area contributed by atoms with Crippen LogP contribution < -0.4 is 5.32 Å². The molecule has 3 nitrogen and oxygen atoms in total. The predicted octanol–water partition coefficient (Wildman–Crippen LogP) is 3.43. The van der Waals surface area contributed by atoms with E-state index in [0.717, 1.165) is 20.5 Å². The van der Waals surface area contributed by atoms with Crippen LogP contribution in [0.25, 0.3) is 0 Å². The molecule has 0 radical (unpaired) electrons. The van der Waals surface area contributed by atoms with E-state index in [1.54, 1.807) is 12.4 Å². The van der Waals surface area contributed by atoms with Gasteiger partial charge in [0.25, 0.3) is 0 Å². The van der Waals surface area contributed by atoms with Gasteiger partial charge in [-0.2, -0.15) is 0 Å². The Bertz CT molecular complexity index is 497. The van der Waals surface area contributed by atoms with Crippen molar-refractivity contribution in [1.82, 2.24) is 4.98 Å². The number of halogens is 1. The highest BCUT2D eigenvalue weighted by Gasteiger charge is 2.01. The second-order valence-corrected chi connectivity index (χ2v) is 4.48. The van der Waals surface area contributed by atoms with E-state index < -0.39 is 0 Å².